The van der Waals surface area contributed by atoms with E-state index in [-0.39, 0.29) is 0 Å². The first-order valence-corrected chi connectivity index (χ1v) is 21.2. The molecule has 0 spiro atoms. The quantitative estimate of drug-likeness (QED) is 0.128. The number of rotatable bonds is 14. The molecule has 10 atom stereocenters. The van der Waals surface area contributed by atoms with Gasteiger partial charge in [0.1, 0.15) is 31.5 Å². The lowest BCUT2D eigenvalue weighted by Crippen LogP contribution is -2.67. The Labute approximate surface area is 361 Å². The van der Waals surface area contributed by atoms with Crippen LogP contribution in [0, 0.1) is 0 Å². The Hall–Kier alpha value is -5.81. The van der Waals surface area contributed by atoms with Gasteiger partial charge in [-0.1, -0.05) is 36.4 Å². The third kappa shape index (κ3) is 12.9. The van der Waals surface area contributed by atoms with Crippen LogP contribution < -0.4 is 9.60 Å². The lowest BCUT2D eigenvalue weighted by Gasteiger charge is -2.48. The number of nitrogens with zero attached hydrogens (tertiary/aromatic N) is 3. The predicted molar refractivity (Wildman–Crippen MR) is 212 cm³/mol. The molecule has 2 fully saturated rings. The number of hydrogen-bond donors (Lipinski definition) is 0. The molecule has 20 nitrogen and oxygen atoms in total. The van der Waals surface area contributed by atoms with Gasteiger partial charge in [-0.3, -0.25) is 38.1 Å². The number of carbonyl (C=O) groups excluding carboxylic acids is 7. The van der Waals surface area contributed by atoms with E-state index in [2.05, 4.69) is 0 Å². The number of aromatic nitrogens is 1. The van der Waals surface area contributed by atoms with Crippen molar-refractivity contribution in [2.45, 2.75) is 110 Å². The summed E-state index contributed by atoms with van der Waals surface area (Å²) in [6, 6.07) is 18.3. The van der Waals surface area contributed by atoms with E-state index in [1.807, 2.05) is 60.7 Å². The molecule has 3 aromatic rings. The highest BCUT2D eigenvalue weighted by atomic mass is 32.9. The molecule has 334 valence electrons. The molecule has 0 N–H and O–H groups in total. The van der Waals surface area contributed by atoms with E-state index in [1.165, 1.54) is 20.7 Å². The van der Waals surface area contributed by atoms with Crippen LogP contribution in [0.25, 0.3) is 5.69 Å². The van der Waals surface area contributed by atoms with Gasteiger partial charge in [-0.2, -0.15) is 0 Å². The molecule has 62 heavy (non-hydrogen) atoms. The van der Waals surface area contributed by atoms with Gasteiger partial charge in [-0.05, 0) is 44.9 Å². The van der Waals surface area contributed by atoms with Crippen LogP contribution in [0.15, 0.2) is 70.6 Å². The Kier molecular flexibility index (Phi) is 16.6. The molecule has 0 unspecified atom stereocenters. The minimum Gasteiger partial charge on any atom is -0.463 e. The highest BCUT2D eigenvalue weighted by Gasteiger charge is 2.57. The largest absolute Gasteiger partial charge is 0.463 e. The lowest BCUT2D eigenvalue weighted by atomic mass is 9.95. The molecule has 0 aliphatic carbocycles. The second-order valence-corrected chi connectivity index (χ2v) is 15.7. The van der Waals surface area contributed by atoms with Crippen LogP contribution in [0.2, 0.25) is 0 Å². The summed E-state index contributed by atoms with van der Waals surface area (Å²) >= 11 is 0. The van der Waals surface area contributed by atoms with Crippen molar-refractivity contribution in [3.63, 3.8) is 0 Å². The van der Waals surface area contributed by atoms with Gasteiger partial charge >= 0.3 is 41.8 Å². The first kappa shape index (κ1) is 47.2. The van der Waals surface area contributed by atoms with Crippen molar-refractivity contribution in [2.24, 2.45) is 9.98 Å². The van der Waals surface area contributed by atoms with Gasteiger partial charge in [-0.25, -0.2) is 9.98 Å². The molecule has 3 heterocycles. The number of hydrogen-bond acceptors (Lipinski definition) is 21. The van der Waals surface area contributed by atoms with Crippen LogP contribution in [-0.4, -0.2) is 121 Å². The van der Waals surface area contributed by atoms with Crippen LogP contribution in [0.4, 0.5) is 5.69 Å². The number of ether oxygens (including phenoxy) is 10. The first-order valence-electron chi connectivity index (χ1n) is 19.0. The average Bonchev–Trinajstić information content (AvgIpc) is 3.58. The van der Waals surface area contributed by atoms with Gasteiger partial charge in [0.15, 0.2) is 43.0 Å². The fourth-order valence-electron chi connectivity index (χ4n) is 6.49. The van der Waals surface area contributed by atoms with Gasteiger partial charge in [0.05, 0.1) is 11.4 Å². The Bertz CT molecular complexity index is 2230. The summed E-state index contributed by atoms with van der Waals surface area (Å²) in [5, 5.41) is 0. The average molecular weight is 904 g/mol. The van der Waals surface area contributed by atoms with Crippen LogP contribution in [0.3, 0.4) is 0 Å². The molecule has 5 rings (SSSR count). The van der Waals surface area contributed by atoms with E-state index in [0.29, 0.717) is 21.0 Å². The zero-order valence-corrected chi connectivity index (χ0v) is 36.2. The summed E-state index contributed by atoms with van der Waals surface area (Å²) in [6.07, 6.45) is -15.9. The lowest BCUT2D eigenvalue weighted by molar-refractivity contribution is -0.344. The minimum atomic E-state index is -1.82. The SMILES string of the molecule is CC(=O)OC[C@H]1O[C@@H](O[C@H]2[C@H](OC(C)=O)[C@@H](OC(C)=O)[C@H](/N=c3/ssc(=Nc4ccccc4)n3-c3ccccc3)O[C@@H]2COC(C)=O)[C@H](OC(C)=O)[C@@H](OC(C)=O)[C@H]1OC(C)=O. The van der Waals surface area contributed by atoms with Gasteiger partial charge < -0.3 is 47.4 Å². The Morgan fingerprint density at radius 3 is 1.52 bits per heavy atom. The fourth-order valence-corrected chi connectivity index (χ4v) is 8.66. The van der Waals surface area contributed by atoms with Gasteiger partial charge in [0.25, 0.3) is 0 Å². The van der Waals surface area contributed by atoms with Crippen molar-refractivity contribution in [3.05, 3.63) is 70.3 Å². The number of para-hydroxylation sites is 2. The van der Waals surface area contributed by atoms with E-state index in [9.17, 15) is 33.6 Å². The summed E-state index contributed by atoms with van der Waals surface area (Å²) in [5.74, 6) is -5.90. The van der Waals surface area contributed by atoms with Crippen molar-refractivity contribution in [3.8, 4) is 5.69 Å². The molecule has 0 bridgehead atoms. The summed E-state index contributed by atoms with van der Waals surface area (Å²) in [7, 11) is 2.49. The first-order chi connectivity index (χ1) is 29.5. The minimum absolute atomic E-state index is 0.310. The summed E-state index contributed by atoms with van der Waals surface area (Å²) < 4.78 is 59.6. The second-order valence-electron chi connectivity index (χ2n) is 13.7. The van der Waals surface area contributed by atoms with Crippen molar-refractivity contribution in [1.29, 1.82) is 0 Å². The molecule has 0 amide bonds. The molecule has 0 saturated carbocycles. The molecule has 0 radical (unpaired) electrons. The van der Waals surface area contributed by atoms with E-state index in [0.717, 1.165) is 48.5 Å². The van der Waals surface area contributed by atoms with E-state index >= 15 is 0 Å². The van der Waals surface area contributed by atoms with Crippen molar-refractivity contribution < 1.29 is 80.9 Å². The van der Waals surface area contributed by atoms with Gasteiger partial charge in [0.2, 0.25) is 9.60 Å². The van der Waals surface area contributed by atoms with E-state index < -0.39 is 116 Å². The number of esters is 7. The number of carbonyl (C=O) groups is 7. The third-order valence-corrected chi connectivity index (χ3v) is 10.8. The maximum absolute atomic E-state index is 12.9. The van der Waals surface area contributed by atoms with Crippen molar-refractivity contribution in [2.75, 3.05) is 13.2 Å². The molecule has 22 heteroatoms. The van der Waals surface area contributed by atoms with Crippen LogP contribution in [0.1, 0.15) is 48.5 Å². The third-order valence-electron chi connectivity index (χ3n) is 8.71. The highest BCUT2D eigenvalue weighted by Crippen LogP contribution is 2.35. The number of benzene rings is 2. The zero-order valence-electron chi connectivity index (χ0n) is 34.6. The fraction of sp³-hybridized carbons (Fsp3) is 0.475. The van der Waals surface area contributed by atoms with Crippen LogP contribution >= 0.6 is 20.7 Å². The molecular weight excluding hydrogens is 859 g/mol. The van der Waals surface area contributed by atoms with E-state index in [4.69, 9.17) is 57.4 Å². The molecule has 1 aromatic heterocycles. The van der Waals surface area contributed by atoms with Crippen molar-refractivity contribution >= 4 is 68.2 Å². The monoisotopic (exact) mass is 903 g/mol. The van der Waals surface area contributed by atoms with Crippen LogP contribution in [0.5, 0.6) is 0 Å². The second kappa shape index (κ2) is 21.8. The zero-order chi connectivity index (χ0) is 45.1. The molecule has 2 aliphatic rings. The summed E-state index contributed by atoms with van der Waals surface area (Å²) in [5.41, 5.74) is 1.32. The Morgan fingerprint density at radius 1 is 0.532 bits per heavy atom. The summed E-state index contributed by atoms with van der Waals surface area (Å²) in [4.78, 5) is 97.9. The molecule has 2 aliphatic heterocycles. The topological polar surface area (TPSA) is 241 Å². The molecule has 2 saturated heterocycles. The van der Waals surface area contributed by atoms with Crippen LogP contribution in [-0.2, 0) is 80.9 Å². The molecular formula is C40H45N3O17S2. The Balaban J connectivity index is 1.67. The summed E-state index contributed by atoms with van der Waals surface area (Å²) in [6.45, 7) is 6.44. The van der Waals surface area contributed by atoms with E-state index in [1.54, 1.807) is 4.57 Å². The van der Waals surface area contributed by atoms with Gasteiger partial charge in [0, 0.05) is 48.5 Å². The maximum atomic E-state index is 12.9. The predicted octanol–water partition coefficient (Wildman–Crippen LogP) is 2.35. The maximum Gasteiger partial charge on any atom is 0.303 e. The van der Waals surface area contributed by atoms with Gasteiger partial charge in [-0.15, -0.1) is 0 Å². The van der Waals surface area contributed by atoms with Crippen molar-refractivity contribution in [1.82, 2.24) is 4.57 Å². The Morgan fingerprint density at radius 2 is 0.984 bits per heavy atom. The standard InChI is InChI=1S/C40H45N3O17S2/c1-20(44)51-18-29-32(60-38-36(57-26(7)50)34(55-24(5)48)31(53-22(3)46)30(59-38)19-52-21(2)45)33(54-23(4)47)35(56-25(6)49)37(58-29)42-40-43(28-16-12-9-13-17-28)39(61-62-40)41-27-14-10-8-11-15-27/h8-17,29-38H,18-19H2,1-7H3/b41-39?,42-40+/t29-,30-,31+,32-,33+,34+,35-,36-,37-,38+/m1/s1. The smallest absolute Gasteiger partial charge is 0.303 e. The molecule has 2 aromatic carbocycles. The highest BCUT2D eigenvalue weighted by molar-refractivity contribution is 7.67. The normalized spacial score (nSPS) is 26.4.